The van der Waals surface area contributed by atoms with Gasteiger partial charge >= 0.3 is 11.7 Å². The number of nitro groups is 1. The molecule has 0 aliphatic heterocycles. The quantitative estimate of drug-likeness (QED) is 0.345. The van der Waals surface area contributed by atoms with Crippen LogP contribution in [0.4, 0.5) is 5.69 Å². The third-order valence-corrected chi connectivity index (χ3v) is 4.36. The number of esters is 1. The number of hydrogen-bond acceptors (Lipinski definition) is 7. The molecule has 0 atom stereocenters. The van der Waals surface area contributed by atoms with Gasteiger partial charge in [0.15, 0.2) is 0 Å². The number of carbonyl (C=O) groups excluding carboxylic acids is 1. The van der Waals surface area contributed by atoms with Gasteiger partial charge in [0.05, 0.1) is 28.3 Å². The van der Waals surface area contributed by atoms with Crippen molar-refractivity contribution in [2.45, 2.75) is 20.5 Å². The van der Waals surface area contributed by atoms with Crippen LogP contribution < -0.4 is 4.74 Å². The minimum atomic E-state index is -0.639. The van der Waals surface area contributed by atoms with Crippen LogP contribution in [0.15, 0.2) is 36.7 Å². The Bertz CT molecular complexity index is 1070. The highest BCUT2D eigenvalue weighted by atomic mass is 35.5. The fourth-order valence-electron chi connectivity index (χ4n) is 2.85. The van der Waals surface area contributed by atoms with Crippen molar-refractivity contribution in [1.82, 2.24) is 9.97 Å². The van der Waals surface area contributed by atoms with Crippen LogP contribution in [0.3, 0.4) is 0 Å². The molecular formula is C19H16ClN3O5. The van der Waals surface area contributed by atoms with Gasteiger partial charge in [0, 0.05) is 11.6 Å². The topological polar surface area (TPSA) is 104 Å². The first-order valence-corrected chi connectivity index (χ1v) is 8.77. The summed E-state index contributed by atoms with van der Waals surface area (Å²) in [6.07, 6.45) is 2.29. The molecule has 0 aliphatic rings. The number of aromatic nitrogens is 2. The maximum atomic E-state index is 12.5. The summed E-state index contributed by atoms with van der Waals surface area (Å²) in [7, 11) is 0. The van der Waals surface area contributed by atoms with E-state index in [-0.39, 0.29) is 35.2 Å². The number of hydrogen-bond donors (Lipinski definition) is 0. The Hall–Kier alpha value is -3.26. The maximum absolute atomic E-state index is 12.5. The molecule has 0 saturated carbocycles. The van der Waals surface area contributed by atoms with Crippen LogP contribution in [0.25, 0.3) is 10.9 Å². The number of aryl methyl sites for hydroxylation is 1. The molecule has 3 aromatic rings. The predicted molar refractivity (Wildman–Crippen MR) is 103 cm³/mol. The van der Waals surface area contributed by atoms with Crippen molar-refractivity contribution in [3.05, 3.63) is 68.6 Å². The molecule has 0 N–H and O–H groups in total. The van der Waals surface area contributed by atoms with Crippen LogP contribution in [0.1, 0.15) is 28.5 Å². The number of fused-ring (bicyclic) bond motifs is 1. The molecule has 2 heterocycles. The molecule has 8 nitrogen and oxygen atoms in total. The van der Waals surface area contributed by atoms with Crippen molar-refractivity contribution in [2.24, 2.45) is 0 Å². The monoisotopic (exact) mass is 401 g/mol. The number of benzene rings is 1. The van der Waals surface area contributed by atoms with Gasteiger partial charge in [-0.3, -0.25) is 15.1 Å². The third kappa shape index (κ3) is 3.72. The zero-order chi connectivity index (χ0) is 20.3. The van der Waals surface area contributed by atoms with E-state index in [4.69, 9.17) is 21.1 Å². The van der Waals surface area contributed by atoms with E-state index in [1.165, 1.54) is 6.20 Å². The lowest BCUT2D eigenvalue weighted by Gasteiger charge is -2.15. The number of para-hydroxylation sites is 1. The first-order chi connectivity index (χ1) is 13.4. The summed E-state index contributed by atoms with van der Waals surface area (Å²) in [6, 6.07) is 7.34. The van der Waals surface area contributed by atoms with Crippen LogP contribution in [-0.2, 0) is 11.3 Å². The zero-order valence-corrected chi connectivity index (χ0v) is 15.9. The minimum absolute atomic E-state index is 0.00982. The standard InChI is InChI=1S/C19H16ClN3O5/c1-3-27-19(24)17-11(2)12-6-4-5-7-14(12)22-15(17)10-28-18-13(20)8-21-9-16(18)23(25)26/h4-9H,3,10H2,1-2H3. The van der Waals surface area contributed by atoms with E-state index in [0.717, 1.165) is 11.6 Å². The van der Waals surface area contributed by atoms with Gasteiger partial charge in [0.25, 0.3) is 0 Å². The number of carbonyl (C=O) groups is 1. The van der Waals surface area contributed by atoms with E-state index in [1.807, 2.05) is 24.3 Å². The molecule has 0 fully saturated rings. The minimum Gasteiger partial charge on any atom is -0.479 e. The van der Waals surface area contributed by atoms with Crippen molar-refractivity contribution in [3.8, 4) is 5.75 Å². The lowest BCUT2D eigenvalue weighted by Crippen LogP contribution is -2.14. The van der Waals surface area contributed by atoms with Crippen LogP contribution in [0, 0.1) is 17.0 Å². The average Bonchev–Trinajstić information content (AvgIpc) is 2.67. The Morgan fingerprint density at radius 2 is 2.04 bits per heavy atom. The molecule has 9 heteroatoms. The lowest BCUT2D eigenvalue weighted by atomic mass is 10.0. The highest BCUT2D eigenvalue weighted by Gasteiger charge is 2.23. The summed E-state index contributed by atoms with van der Waals surface area (Å²) in [4.78, 5) is 31.3. The Labute approximate surface area is 165 Å². The van der Waals surface area contributed by atoms with Gasteiger partial charge in [0.2, 0.25) is 5.75 Å². The SMILES string of the molecule is CCOC(=O)c1c(COc2c(Cl)cncc2[N+](=O)[O-])nc2ccccc2c1C. The Kier molecular flexibility index (Phi) is 5.70. The Morgan fingerprint density at radius 1 is 1.29 bits per heavy atom. The molecule has 1 aromatic carbocycles. The number of nitrogens with zero attached hydrogens (tertiary/aromatic N) is 3. The van der Waals surface area contributed by atoms with Crippen LogP contribution in [-0.4, -0.2) is 27.5 Å². The van der Waals surface area contributed by atoms with E-state index in [0.29, 0.717) is 16.8 Å². The molecule has 0 aliphatic carbocycles. The summed E-state index contributed by atoms with van der Waals surface area (Å²) in [6.45, 7) is 3.50. The molecule has 0 spiro atoms. The second-order valence-corrected chi connectivity index (χ2v) is 6.22. The van der Waals surface area contributed by atoms with Crippen molar-refractivity contribution in [3.63, 3.8) is 0 Å². The highest BCUT2D eigenvalue weighted by Crippen LogP contribution is 2.34. The number of pyridine rings is 2. The second kappa shape index (κ2) is 8.18. The van der Waals surface area contributed by atoms with E-state index < -0.39 is 10.9 Å². The van der Waals surface area contributed by atoms with Gasteiger partial charge in [-0.05, 0) is 25.5 Å². The first kappa shape index (κ1) is 19.5. The Balaban J connectivity index is 2.07. The van der Waals surface area contributed by atoms with Gasteiger partial charge in [-0.15, -0.1) is 0 Å². The molecule has 0 bridgehead atoms. The van der Waals surface area contributed by atoms with Gasteiger partial charge in [-0.1, -0.05) is 29.8 Å². The Morgan fingerprint density at radius 3 is 2.75 bits per heavy atom. The normalized spacial score (nSPS) is 10.7. The largest absolute Gasteiger partial charge is 0.479 e. The van der Waals surface area contributed by atoms with Gasteiger partial charge in [-0.25, -0.2) is 9.78 Å². The van der Waals surface area contributed by atoms with Gasteiger partial charge < -0.3 is 9.47 Å². The van der Waals surface area contributed by atoms with Crippen molar-refractivity contribution < 1.29 is 19.2 Å². The molecule has 0 radical (unpaired) electrons. The van der Waals surface area contributed by atoms with E-state index in [1.54, 1.807) is 13.8 Å². The molecule has 3 rings (SSSR count). The number of ether oxygens (including phenoxy) is 2. The summed E-state index contributed by atoms with van der Waals surface area (Å²) in [5.74, 6) is -0.670. The number of halogens is 1. The molecule has 0 amide bonds. The van der Waals surface area contributed by atoms with Crippen molar-refractivity contribution in [2.75, 3.05) is 6.61 Å². The average molecular weight is 402 g/mol. The van der Waals surface area contributed by atoms with Crippen molar-refractivity contribution >= 4 is 34.2 Å². The molecule has 144 valence electrons. The summed E-state index contributed by atoms with van der Waals surface area (Å²) < 4.78 is 10.8. The molecular weight excluding hydrogens is 386 g/mol. The molecule has 0 unspecified atom stereocenters. The third-order valence-electron chi connectivity index (χ3n) is 4.09. The first-order valence-electron chi connectivity index (χ1n) is 8.40. The summed E-state index contributed by atoms with van der Waals surface area (Å²) >= 11 is 6.01. The second-order valence-electron chi connectivity index (χ2n) is 5.81. The lowest BCUT2D eigenvalue weighted by molar-refractivity contribution is -0.386. The van der Waals surface area contributed by atoms with Crippen LogP contribution >= 0.6 is 11.6 Å². The summed E-state index contributed by atoms with van der Waals surface area (Å²) in [5.41, 5.74) is 1.56. The van der Waals surface area contributed by atoms with Gasteiger partial charge in [0.1, 0.15) is 17.8 Å². The predicted octanol–water partition coefficient (Wildman–Crippen LogP) is 4.26. The van der Waals surface area contributed by atoms with Crippen molar-refractivity contribution in [1.29, 1.82) is 0 Å². The summed E-state index contributed by atoms with van der Waals surface area (Å²) in [5, 5.41) is 12.0. The maximum Gasteiger partial charge on any atom is 0.340 e. The molecule has 0 saturated heterocycles. The molecule has 28 heavy (non-hydrogen) atoms. The number of rotatable bonds is 6. The van der Waals surface area contributed by atoms with E-state index in [2.05, 4.69) is 9.97 Å². The fourth-order valence-corrected chi connectivity index (χ4v) is 3.05. The fraction of sp³-hybridized carbons (Fsp3) is 0.211. The zero-order valence-electron chi connectivity index (χ0n) is 15.1. The van der Waals surface area contributed by atoms with E-state index >= 15 is 0 Å². The van der Waals surface area contributed by atoms with Crippen LogP contribution in [0.2, 0.25) is 5.02 Å². The van der Waals surface area contributed by atoms with Gasteiger partial charge in [-0.2, -0.15) is 0 Å². The highest BCUT2D eigenvalue weighted by molar-refractivity contribution is 6.32. The van der Waals surface area contributed by atoms with E-state index in [9.17, 15) is 14.9 Å². The smallest absolute Gasteiger partial charge is 0.340 e. The molecule has 2 aromatic heterocycles. The van der Waals surface area contributed by atoms with Crippen LogP contribution in [0.5, 0.6) is 5.75 Å².